The van der Waals surface area contributed by atoms with Crippen LogP contribution in [0.3, 0.4) is 0 Å². The molecule has 1 heterocycles. The molecule has 1 aliphatic rings. The van der Waals surface area contributed by atoms with E-state index in [-0.39, 0.29) is 12.3 Å². The van der Waals surface area contributed by atoms with Crippen LogP contribution >= 0.6 is 35.0 Å². The first-order valence-corrected chi connectivity index (χ1v) is 6.65. The van der Waals surface area contributed by atoms with Gasteiger partial charge in [0.05, 0.1) is 16.5 Å². The Morgan fingerprint density at radius 1 is 1.44 bits per heavy atom. The summed E-state index contributed by atoms with van der Waals surface area (Å²) < 4.78 is 0. The molecule has 0 aromatic heterocycles. The first-order chi connectivity index (χ1) is 7.58. The Labute approximate surface area is 108 Å². The maximum atomic E-state index is 10.8. The van der Waals surface area contributed by atoms with Gasteiger partial charge in [-0.25, -0.2) is 0 Å². The second-order valence-corrected chi connectivity index (χ2v) is 5.69. The quantitative estimate of drug-likeness (QED) is 0.886. The molecule has 16 heavy (non-hydrogen) atoms. The molecule has 1 atom stereocenters. The Morgan fingerprint density at radius 2 is 2.12 bits per heavy atom. The van der Waals surface area contributed by atoms with Crippen molar-refractivity contribution in [2.75, 3.05) is 5.75 Å². The second-order valence-electron chi connectivity index (χ2n) is 3.74. The number of rotatable bonds is 2. The minimum Gasteiger partial charge on any atom is -0.481 e. The lowest BCUT2D eigenvalue weighted by Crippen LogP contribution is -2.12. The summed E-state index contributed by atoms with van der Waals surface area (Å²) >= 11 is 13.6. The largest absolute Gasteiger partial charge is 0.481 e. The highest BCUT2D eigenvalue weighted by molar-refractivity contribution is 7.99. The summed E-state index contributed by atoms with van der Waals surface area (Å²) in [6.45, 7) is 0. The van der Waals surface area contributed by atoms with Crippen LogP contribution in [0.5, 0.6) is 0 Å². The topological polar surface area (TPSA) is 37.3 Å². The SMILES string of the molecule is O=C(O)CC1CCSc2cc(Cl)c(Cl)cc21. The fourth-order valence-corrected chi connectivity index (χ4v) is 3.49. The zero-order valence-electron chi connectivity index (χ0n) is 8.37. The lowest BCUT2D eigenvalue weighted by atomic mass is 9.93. The van der Waals surface area contributed by atoms with Crippen molar-refractivity contribution in [2.24, 2.45) is 0 Å². The van der Waals surface area contributed by atoms with Crippen molar-refractivity contribution in [2.45, 2.75) is 23.7 Å². The number of hydrogen-bond donors (Lipinski definition) is 1. The van der Waals surface area contributed by atoms with E-state index in [1.807, 2.05) is 6.07 Å². The summed E-state index contributed by atoms with van der Waals surface area (Å²) in [6.07, 6.45) is 1.04. The first kappa shape index (κ1) is 12.1. The zero-order chi connectivity index (χ0) is 11.7. The van der Waals surface area contributed by atoms with E-state index < -0.39 is 5.97 Å². The molecular formula is C11H10Cl2O2S. The monoisotopic (exact) mass is 276 g/mol. The van der Waals surface area contributed by atoms with Crippen molar-refractivity contribution in [3.05, 3.63) is 27.7 Å². The molecule has 0 aliphatic carbocycles. The molecule has 86 valence electrons. The van der Waals surface area contributed by atoms with Gasteiger partial charge >= 0.3 is 5.97 Å². The summed E-state index contributed by atoms with van der Waals surface area (Å²) in [5.74, 6) is 0.223. The van der Waals surface area contributed by atoms with Crippen LogP contribution in [0.2, 0.25) is 10.0 Å². The number of hydrogen-bond acceptors (Lipinski definition) is 2. The summed E-state index contributed by atoms with van der Waals surface area (Å²) in [5.41, 5.74) is 1.02. The van der Waals surface area contributed by atoms with Gasteiger partial charge in [-0.15, -0.1) is 11.8 Å². The summed E-state index contributed by atoms with van der Waals surface area (Å²) in [5, 5.41) is 9.88. The fourth-order valence-electron chi connectivity index (χ4n) is 1.88. The van der Waals surface area contributed by atoms with Gasteiger partial charge in [-0.05, 0) is 35.8 Å². The third kappa shape index (κ3) is 2.47. The summed E-state index contributed by atoms with van der Waals surface area (Å²) in [4.78, 5) is 11.8. The molecule has 0 saturated carbocycles. The van der Waals surface area contributed by atoms with E-state index in [0.717, 1.165) is 22.6 Å². The Hall–Kier alpha value is -0.380. The van der Waals surface area contributed by atoms with Crippen LogP contribution in [0.4, 0.5) is 0 Å². The highest BCUT2D eigenvalue weighted by Gasteiger charge is 2.24. The van der Waals surface area contributed by atoms with Crippen molar-refractivity contribution >= 4 is 40.9 Å². The minimum absolute atomic E-state index is 0.0588. The van der Waals surface area contributed by atoms with Gasteiger partial charge in [0, 0.05) is 4.90 Å². The van der Waals surface area contributed by atoms with Gasteiger partial charge < -0.3 is 5.11 Å². The second kappa shape index (κ2) is 4.86. The van der Waals surface area contributed by atoms with Crippen LogP contribution in [0, 0.1) is 0 Å². The molecule has 1 N–H and O–H groups in total. The molecule has 2 rings (SSSR count). The number of halogens is 2. The van der Waals surface area contributed by atoms with Crippen LogP contribution < -0.4 is 0 Å². The van der Waals surface area contributed by atoms with E-state index in [2.05, 4.69) is 0 Å². The molecule has 0 amide bonds. The minimum atomic E-state index is -0.770. The van der Waals surface area contributed by atoms with Crippen LogP contribution in [0.25, 0.3) is 0 Å². The predicted molar refractivity (Wildman–Crippen MR) is 66.8 cm³/mol. The van der Waals surface area contributed by atoms with Crippen molar-refractivity contribution in [1.82, 2.24) is 0 Å². The average molecular weight is 277 g/mol. The number of thioether (sulfide) groups is 1. The maximum Gasteiger partial charge on any atom is 0.303 e. The third-order valence-corrected chi connectivity index (χ3v) is 4.46. The van der Waals surface area contributed by atoms with E-state index >= 15 is 0 Å². The molecule has 0 saturated heterocycles. The number of carbonyl (C=O) groups is 1. The molecule has 1 aliphatic heterocycles. The van der Waals surface area contributed by atoms with Gasteiger partial charge in [0.25, 0.3) is 0 Å². The van der Waals surface area contributed by atoms with E-state index in [1.165, 1.54) is 0 Å². The number of benzene rings is 1. The lowest BCUT2D eigenvalue weighted by molar-refractivity contribution is -0.137. The lowest BCUT2D eigenvalue weighted by Gasteiger charge is -2.24. The van der Waals surface area contributed by atoms with Crippen molar-refractivity contribution in [1.29, 1.82) is 0 Å². The fraction of sp³-hybridized carbons (Fsp3) is 0.364. The average Bonchev–Trinajstić information content (AvgIpc) is 2.20. The standard InChI is InChI=1S/C11H10Cl2O2S/c12-8-4-7-6(3-11(14)15)1-2-16-10(7)5-9(8)13/h4-6H,1-3H2,(H,14,15). The molecule has 1 unspecified atom stereocenters. The van der Waals surface area contributed by atoms with Gasteiger partial charge in [0.15, 0.2) is 0 Å². The maximum absolute atomic E-state index is 10.8. The Bertz CT molecular complexity index is 434. The normalized spacial score (nSPS) is 19.2. The number of aliphatic carboxylic acids is 1. The first-order valence-electron chi connectivity index (χ1n) is 4.91. The molecular weight excluding hydrogens is 267 g/mol. The van der Waals surface area contributed by atoms with E-state index in [9.17, 15) is 4.79 Å². The molecule has 0 fully saturated rings. The highest BCUT2D eigenvalue weighted by atomic mass is 35.5. The number of fused-ring (bicyclic) bond motifs is 1. The zero-order valence-corrected chi connectivity index (χ0v) is 10.7. The Morgan fingerprint density at radius 3 is 2.81 bits per heavy atom. The Balaban J connectivity index is 2.37. The molecule has 1 aromatic rings. The van der Waals surface area contributed by atoms with Gasteiger partial charge in [0.2, 0.25) is 0 Å². The van der Waals surface area contributed by atoms with Crippen molar-refractivity contribution < 1.29 is 9.90 Å². The molecule has 1 aromatic carbocycles. The van der Waals surface area contributed by atoms with Crippen molar-refractivity contribution in [3.63, 3.8) is 0 Å². The van der Waals surface area contributed by atoms with E-state index in [1.54, 1.807) is 17.8 Å². The van der Waals surface area contributed by atoms with Gasteiger partial charge in [-0.1, -0.05) is 23.2 Å². The van der Waals surface area contributed by atoms with E-state index in [0.29, 0.717) is 10.0 Å². The molecule has 0 bridgehead atoms. The molecule has 0 spiro atoms. The molecule has 2 nitrogen and oxygen atoms in total. The number of carboxylic acids is 1. The predicted octanol–water partition coefficient (Wildman–Crippen LogP) is 4.05. The van der Waals surface area contributed by atoms with Crippen LogP contribution in [0.1, 0.15) is 24.3 Å². The third-order valence-electron chi connectivity index (χ3n) is 2.64. The van der Waals surface area contributed by atoms with Crippen LogP contribution in [-0.2, 0) is 4.79 Å². The summed E-state index contributed by atoms with van der Waals surface area (Å²) in [6, 6.07) is 3.64. The van der Waals surface area contributed by atoms with Crippen LogP contribution in [-0.4, -0.2) is 16.8 Å². The molecule has 5 heteroatoms. The highest BCUT2D eigenvalue weighted by Crippen LogP contribution is 2.42. The van der Waals surface area contributed by atoms with Gasteiger partial charge in [-0.3, -0.25) is 4.79 Å². The van der Waals surface area contributed by atoms with Gasteiger partial charge in [-0.2, -0.15) is 0 Å². The van der Waals surface area contributed by atoms with E-state index in [4.69, 9.17) is 28.3 Å². The van der Waals surface area contributed by atoms with Crippen molar-refractivity contribution in [3.8, 4) is 0 Å². The number of carboxylic acid groups (broad SMARTS) is 1. The smallest absolute Gasteiger partial charge is 0.303 e. The van der Waals surface area contributed by atoms with Crippen LogP contribution in [0.15, 0.2) is 17.0 Å². The molecule has 0 radical (unpaired) electrons. The van der Waals surface area contributed by atoms with Gasteiger partial charge in [0.1, 0.15) is 0 Å². The summed E-state index contributed by atoms with van der Waals surface area (Å²) in [7, 11) is 0. The Kier molecular flexibility index (Phi) is 3.67.